The lowest BCUT2D eigenvalue weighted by molar-refractivity contribution is -0.123. The Morgan fingerprint density at radius 2 is 2.21 bits per heavy atom. The standard InChI is InChI=1S/C10H14N2O2/c1-7-3-4-8(2)9(5-7)14-6-10(13)12-11/h3-5H,6,11H2,1-2H3,(H,12,13). The normalized spacial score (nSPS) is 9.64. The molecule has 1 aromatic carbocycles. The van der Waals surface area contributed by atoms with Crippen molar-refractivity contribution in [3.8, 4) is 5.75 Å². The maximum Gasteiger partial charge on any atom is 0.271 e. The van der Waals surface area contributed by atoms with Gasteiger partial charge in [-0.3, -0.25) is 10.2 Å². The highest BCUT2D eigenvalue weighted by Gasteiger charge is 2.02. The van der Waals surface area contributed by atoms with E-state index in [0.717, 1.165) is 11.1 Å². The van der Waals surface area contributed by atoms with Gasteiger partial charge in [-0.2, -0.15) is 0 Å². The summed E-state index contributed by atoms with van der Waals surface area (Å²) in [5.41, 5.74) is 4.10. The second-order valence-electron chi connectivity index (χ2n) is 3.13. The Morgan fingerprint density at radius 3 is 2.86 bits per heavy atom. The molecule has 0 saturated carbocycles. The van der Waals surface area contributed by atoms with E-state index >= 15 is 0 Å². The zero-order valence-corrected chi connectivity index (χ0v) is 8.33. The number of hydrazine groups is 1. The van der Waals surface area contributed by atoms with E-state index in [1.165, 1.54) is 0 Å². The van der Waals surface area contributed by atoms with E-state index in [1.54, 1.807) is 0 Å². The molecule has 0 aliphatic carbocycles. The van der Waals surface area contributed by atoms with Crippen LogP contribution in [-0.4, -0.2) is 12.5 Å². The van der Waals surface area contributed by atoms with Crippen molar-refractivity contribution in [2.75, 3.05) is 6.61 Å². The summed E-state index contributed by atoms with van der Waals surface area (Å²) in [6, 6.07) is 5.83. The molecule has 0 atom stereocenters. The predicted octanol–water partition coefficient (Wildman–Crippen LogP) is 0.672. The third kappa shape index (κ3) is 2.74. The summed E-state index contributed by atoms with van der Waals surface area (Å²) in [5.74, 6) is 5.30. The fourth-order valence-corrected chi connectivity index (χ4v) is 1.05. The molecule has 1 rings (SSSR count). The molecule has 1 amide bonds. The maximum absolute atomic E-state index is 10.8. The first-order chi connectivity index (χ1) is 6.63. The van der Waals surface area contributed by atoms with E-state index in [9.17, 15) is 4.79 Å². The molecule has 0 radical (unpaired) electrons. The summed E-state index contributed by atoms with van der Waals surface area (Å²) in [6.07, 6.45) is 0. The van der Waals surface area contributed by atoms with Gasteiger partial charge in [0.25, 0.3) is 5.91 Å². The van der Waals surface area contributed by atoms with E-state index in [2.05, 4.69) is 0 Å². The number of carbonyl (C=O) groups is 1. The summed E-state index contributed by atoms with van der Waals surface area (Å²) >= 11 is 0. The lowest BCUT2D eigenvalue weighted by Gasteiger charge is -2.08. The second-order valence-corrected chi connectivity index (χ2v) is 3.13. The van der Waals surface area contributed by atoms with Crippen LogP contribution >= 0.6 is 0 Å². The van der Waals surface area contributed by atoms with Gasteiger partial charge in [0, 0.05) is 0 Å². The third-order valence-corrected chi connectivity index (χ3v) is 1.86. The van der Waals surface area contributed by atoms with Crippen LogP contribution in [0.2, 0.25) is 0 Å². The molecule has 0 spiro atoms. The fourth-order valence-electron chi connectivity index (χ4n) is 1.05. The van der Waals surface area contributed by atoms with Gasteiger partial charge in [0.05, 0.1) is 0 Å². The molecule has 1 aromatic rings. The number of carbonyl (C=O) groups excluding carboxylic acids is 1. The van der Waals surface area contributed by atoms with Crippen molar-refractivity contribution in [1.82, 2.24) is 5.43 Å². The van der Waals surface area contributed by atoms with Gasteiger partial charge in [-0.1, -0.05) is 12.1 Å². The first-order valence-corrected chi connectivity index (χ1v) is 4.33. The van der Waals surface area contributed by atoms with Crippen molar-refractivity contribution < 1.29 is 9.53 Å². The number of aryl methyl sites for hydroxylation is 2. The molecule has 0 bridgehead atoms. The lowest BCUT2D eigenvalue weighted by atomic mass is 10.1. The molecule has 4 heteroatoms. The number of amides is 1. The first-order valence-electron chi connectivity index (χ1n) is 4.33. The quantitative estimate of drug-likeness (QED) is 0.422. The molecule has 0 aliphatic rings. The van der Waals surface area contributed by atoms with Crippen LogP contribution in [0, 0.1) is 13.8 Å². The number of ether oxygens (including phenoxy) is 1. The maximum atomic E-state index is 10.8. The molecule has 0 heterocycles. The van der Waals surface area contributed by atoms with Crippen molar-refractivity contribution in [2.45, 2.75) is 13.8 Å². The highest BCUT2D eigenvalue weighted by Crippen LogP contribution is 2.18. The fraction of sp³-hybridized carbons (Fsp3) is 0.300. The summed E-state index contributed by atoms with van der Waals surface area (Å²) < 4.78 is 5.28. The number of hydrogen-bond donors (Lipinski definition) is 2. The Labute approximate surface area is 83.0 Å². The summed E-state index contributed by atoms with van der Waals surface area (Å²) in [5, 5.41) is 0. The van der Waals surface area contributed by atoms with E-state index in [1.807, 2.05) is 37.5 Å². The summed E-state index contributed by atoms with van der Waals surface area (Å²) in [6.45, 7) is 3.84. The monoisotopic (exact) mass is 194 g/mol. The highest BCUT2D eigenvalue weighted by atomic mass is 16.5. The third-order valence-electron chi connectivity index (χ3n) is 1.86. The number of benzene rings is 1. The molecule has 0 fully saturated rings. The predicted molar refractivity (Wildman–Crippen MR) is 53.7 cm³/mol. The van der Waals surface area contributed by atoms with Crippen LogP contribution in [0.5, 0.6) is 5.75 Å². The van der Waals surface area contributed by atoms with Crippen LogP contribution in [0.1, 0.15) is 11.1 Å². The van der Waals surface area contributed by atoms with Crippen LogP contribution in [0.15, 0.2) is 18.2 Å². The van der Waals surface area contributed by atoms with Crippen molar-refractivity contribution in [3.05, 3.63) is 29.3 Å². The van der Waals surface area contributed by atoms with Crippen LogP contribution in [0.25, 0.3) is 0 Å². The van der Waals surface area contributed by atoms with Gasteiger partial charge in [-0.05, 0) is 31.0 Å². The van der Waals surface area contributed by atoms with Gasteiger partial charge >= 0.3 is 0 Å². The Morgan fingerprint density at radius 1 is 1.50 bits per heavy atom. The minimum Gasteiger partial charge on any atom is -0.483 e. The van der Waals surface area contributed by atoms with Gasteiger partial charge in [-0.25, -0.2) is 5.84 Å². The smallest absolute Gasteiger partial charge is 0.271 e. The number of nitrogens with one attached hydrogen (secondary N) is 1. The second kappa shape index (κ2) is 4.62. The largest absolute Gasteiger partial charge is 0.483 e. The zero-order chi connectivity index (χ0) is 10.6. The Hall–Kier alpha value is -1.55. The summed E-state index contributed by atoms with van der Waals surface area (Å²) in [7, 11) is 0. The van der Waals surface area contributed by atoms with Crippen LogP contribution in [0.3, 0.4) is 0 Å². The number of nitrogens with two attached hydrogens (primary N) is 1. The Bertz CT molecular complexity index is 337. The topological polar surface area (TPSA) is 64.3 Å². The van der Waals surface area contributed by atoms with Crippen molar-refractivity contribution in [2.24, 2.45) is 5.84 Å². The average molecular weight is 194 g/mol. The molecule has 0 aromatic heterocycles. The van der Waals surface area contributed by atoms with Gasteiger partial charge in [0.15, 0.2) is 6.61 Å². The van der Waals surface area contributed by atoms with Crippen LogP contribution < -0.4 is 16.0 Å². The zero-order valence-electron chi connectivity index (χ0n) is 8.33. The SMILES string of the molecule is Cc1ccc(C)c(OCC(=O)NN)c1. The van der Waals surface area contributed by atoms with Crippen molar-refractivity contribution >= 4 is 5.91 Å². The molecule has 14 heavy (non-hydrogen) atoms. The molecular formula is C10H14N2O2. The highest BCUT2D eigenvalue weighted by molar-refractivity contribution is 5.76. The van der Waals surface area contributed by atoms with E-state index in [-0.39, 0.29) is 12.5 Å². The Kier molecular flexibility index (Phi) is 3.48. The van der Waals surface area contributed by atoms with Gasteiger partial charge in [0.1, 0.15) is 5.75 Å². The lowest BCUT2D eigenvalue weighted by Crippen LogP contribution is -2.34. The minimum absolute atomic E-state index is 0.0548. The van der Waals surface area contributed by atoms with E-state index in [0.29, 0.717) is 5.75 Å². The van der Waals surface area contributed by atoms with Crippen molar-refractivity contribution in [3.63, 3.8) is 0 Å². The van der Waals surface area contributed by atoms with Crippen LogP contribution in [-0.2, 0) is 4.79 Å². The van der Waals surface area contributed by atoms with Gasteiger partial charge in [0.2, 0.25) is 0 Å². The number of hydrogen-bond acceptors (Lipinski definition) is 3. The van der Waals surface area contributed by atoms with E-state index < -0.39 is 0 Å². The number of rotatable bonds is 3. The van der Waals surface area contributed by atoms with E-state index in [4.69, 9.17) is 10.6 Å². The van der Waals surface area contributed by atoms with Gasteiger partial charge < -0.3 is 4.74 Å². The summed E-state index contributed by atoms with van der Waals surface area (Å²) in [4.78, 5) is 10.8. The molecule has 0 saturated heterocycles. The Balaban J connectivity index is 2.66. The molecule has 0 aliphatic heterocycles. The molecule has 76 valence electrons. The van der Waals surface area contributed by atoms with Crippen molar-refractivity contribution in [1.29, 1.82) is 0 Å². The average Bonchev–Trinajstić information content (AvgIpc) is 2.19. The molecular weight excluding hydrogens is 180 g/mol. The van der Waals surface area contributed by atoms with Gasteiger partial charge in [-0.15, -0.1) is 0 Å². The molecule has 3 N–H and O–H groups in total. The molecule has 0 unspecified atom stereocenters. The molecule has 4 nitrogen and oxygen atoms in total. The minimum atomic E-state index is -0.342. The van der Waals surface area contributed by atoms with Crippen LogP contribution in [0.4, 0.5) is 0 Å². The first kappa shape index (κ1) is 10.5.